The Bertz CT molecular complexity index is 485. The predicted molar refractivity (Wildman–Crippen MR) is 62.3 cm³/mol. The summed E-state index contributed by atoms with van der Waals surface area (Å²) in [4.78, 5) is 8.13. The minimum atomic E-state index is 0.518. The fraction of sp³-hybridized carbons (Fsp3) is 0.167. The third-order valence-electron chi connectivity index (χ3n) is 2.19. The van der Waals surface area contributed by atoms with Crippen LogP contribution in [0.5, 0.6) is 11.6 Å². The van der Waals surface area contributed by atoms with E-state index in [0.717, 1.165) is 12.1 Å². The first-order valence-corrected chi connectivity index (χ1v) is 5.13. The Labute approximate surface area is 94.1 Å². The van der Waals surface area contributed by atoms with Gasteiger partial charge in [-0.3, -0.25) is 0 Å². The lowest BCUT2D eigenvalue weighted by Gasteiger charge is -2.07. The van der Waals surface area contributed by atoms with Gasteiger partial charge in [0.15, 0.2) is 5.75 Å². The van der Waals surface area contributed by atoms with Crippen molar-refractivity contribution in [2.75, 3.05) is 5.73 Å². The molecule has 4 heteroatoms. The van der Waals surface area contributed by atoms with Crippen molar-refractivity contribution in [3.05, 3.63) is 42.4 Å². The van der Waals surface area contributed by atoms with E-state index >= 15 is 0 Å². The number of nitrogen functional groups attached to an aromatic ring is 1. The second kappa shape index (κ2) is 4.61. The zero-order valence-corrected chi connectivity index (χ0v) is 9.05. The van der Waals surface area contributed by atoms with E-state index in [4.69, 9.17) is 10.5 Å². The second-order valence-corrected chi connectivity index (χ2v) is 3.34. The molecule has 0 bridgehead atoms. The second-order valence-electron chi connectivity index (χ2n) is 3.34. The molecule has 0 fully saturated rings. The number of ether oxygens (including phenoxy) is 1. The number of anilines is 1. The van der Waals surface area contributed by atoms with E-state index in [1.165, 1.54) is 6.33 Å². The molecule has 0 atom stereocenters. The van der Waals surface area contributed by atoms with E-state index in [1.54, 1.807) is 6.07 Å². The quantitative estimate of drug-likeness (QED) is 0.799. The molecule has 0 spiro atoms. The SMILES string of the molecule is CCc1cc(Oc2ccccc2N)ncn1. The van der Waals surface area contributed by atoms with Crippen LogP contribution in [0.4, 0.5) is 5.69 Å². The number of nitrogens with two attached hydrogens (primary N) is 1. The van der Waals surface area contributed by atoms with Crippen LogP contribution in [-0.2, 0) is 6.42 Å². The Balaban J connectivity index is 2.24. The number of benzene rings is 1. The third kappa shape index (κ3) is 2.28. The molecule has 0 amide bonds. The van der Waals surface area contributed by atoms with Crippen LogP contribution in [0.2, 0.25) is 0 Å². The van der Waals surface area contributed by atoms with Gasteiger partial charge in [0.25, 0.3) is 0 Å². The molecule has 0 saturated heterocycles. The Morgan fingerprint density at radius 1 is 1.25 bits per heavy atom. The average Bonchev–Trinajstić information content (AvgIpc) is 2.32. The molecule has 4 nitrogen and oxygen atoms in total. The van der Waals surface area contributed by atoms with Crippen LogP contribution in [0, 0.1) is 0 Å². The van der Waals surface area contributed by atoms with E-state index in [0.29, 0.717) is 17.3 Å². The van der Waals surface area contributed by atoms with Gasteiger partial charge >= 0.3 is 0 Å². The van der Waals surface area contributed by atoms with Crippen LogP contribution < -0.4 is 10.5 Å². The summed E-state index contributed by atoms with van der Waals surface area (Å²) < 4.78 is 5.58. The minimum absolute atomic E-state index is 0.518. The molecule has 82 valence electrons. The van der Waals surface area contributed by atoms with Gasteiger partial charge in [-0.1, -0.05) is 19.1 Å². The largest absolute Gasteiger partial charge is 0.437 e. The van der Waals surface area contributed by atoms with E-state index in [2.05, 4.69) is 9.97 Å². The highest BCUT2D eigenvalue weighted by Crippen LogP contribution is 2.25. The molecule has 0 aliphatic rings. The Morgan fingerprint density at radius 3 is 2.81 bits per heavy atom. The van der Waals surface area contributed by atoms with Crippen LogP contribution in [0.15, 0.2) is 36.7 Å². The van der Waals surface area contributed by atoms with Gasteiger partial charge in [0, 0.05) is 11.8 Å². The monoisotopic (exact) mass is 215 g/mol. The molecule has 0 unspecified atom stereocenters. The van der Waals surface area contributed by atoms with Crippen LogP contribution in [0.1, 0.15) is 12.6 Å². The Hall–Kier alpha value is -2.10. The fourth-order valence-corrected chi connectivity index (χ4v) is 1.31. The average molecular weight is 215 g/mol. The van der Waals surface area contributed by atoms with E-state index in [9.17, 15) is 0 Å². The first-order valence-electron chi connectivity index (χ1n) is 5.13. The summed E-state index contributed by atoms with van der Waals surface area (Å²) in [5.41, 5.74) is 7.31. The maximum absolute atomic E-state index is 5.77. The van der Waals surface area contributed by atoms with E-state index in [1.807, 2.05) is 31.2 Å². The maximum Gasteiger partial charge on any atom is 0.222 e. The fourth-order valence-electron chi connectivity index (χ4n) is 1.31. The van der Waals surface area contributed by atoms with Crippen molar-refractivity contribution in [1.82, 2.24) is 9.97 Å². The lowest BCUT2D eigenvalue weighted by molar-refractivity contribution is 0.462. The van der Waals surface area contributed by atoms with Gasteiger partial charge < -0.3 is 10.5 Å². The van der Waals surface area contributed by atoms with Gasteiger partial charge in [-0.05, 0) is 18.6 Å². The molecule has 0 aliphatic carbocycles. The molecule has 0 aliphatic heterocycles. The van der Waals surface area contributed by atoms with Crippen molar-refractivity contribution in [2.45, 2.75) is 13.3 Å². The maximum atomic E-state index is 5.77. The van der Waals surface area contributed by atoms with Crippen LogP contribution in [0.3, 0.4) is 0 Å². The topological polar surface area (TPSA) is 61.0 Å². The Kier molecular flexibility index (Phi) is 3.00. The highest BCUT2D eigenvalue weighted by molar-refractivity contribution is 5.52. The number of aromatic nitrogens is 2. The first-order chi connectivity index (χ1) is 7.79. The molecular formula is C12H13N3O. The van der Waals surface area contributed by atoms with Gasteiger partial charge in [0.2, 0.25) is 5.88 Å². The first kappa shape index (κ1) is 10.4. The molecule has 0 saturated carbocycles. The van der Waals surface area contributed by atoms with E-state index in [-0.39, 0.29) is 0 Å². The van der Waals surface area contributed by atoms with Crippen molar-refractivity contribution in [3.8, 4) is 11.6 Å². The zero-order valence-electron chi connectivity index (χ0n) is 9.05. The smallest absolute Gasteiger partial charge is 0.222 e. The van der Waals surface area contributed by atoms with Crippen molar-refractivity contribution in [1.29, 1.82) is 0 Å². The van der Waals surface area contributed by atoms with Crippen molar-refractivity contribution < 1.29 is 4.74 Å². The molecule has 2 N–H and O–H groups in total. The van der Waals surface area contributed by atoms with E-state index < -0.39 is 0 Å². The van der Waals surface area contributed by atoms with Crippen molar-refractivity contribution >= 4 is 5.69 Å². The summed E-state index contributed by atoms with van der Waals surface area (Å²) in [6.45, 7) is 2.03. The van der Waals surface area contributed by atoms with Gasteiger partial charge in [-0.2, -0.15) is 0 Å². The highest BCUT2D eigenvalue weighted by Gasteiger charge is 2.02. The number of aryl methyl sites for hydroxylation is 1. The lowest BCUT2D eigenvalue weighted by Crippen LogP contribution is -1.95. The lowest BCUT2D eigenvalue weighted by atomic mass is 10.3. The summed E-state index contributed by atoms with van der Waals surface area (Å²) in [6.07, 6.45) is 2.34. The minimum Gasteiger partial charge on any atom is -0.437 e. The molecule has 16 heavy (non-hydrogen) atoms. The number of hydrogen-bond acceptors (Lipinski definition) is 4. The Morgan fingerprint density at radius 2 is 2.06 bits per heavy atom. The molecular weight excluding hydrogens is 202 g/mol. The zero-order chi connectivity index (χ0) is 11.4. The molecule has 0 radical (unpaired) electrons. The molecule has 1 aromatic carbocycles. The van der Waals surface area contributed by atoms with Crippen molar-refractivity contribution in [2.24, 2.45) is 0 Å². The standard InChI is InChI=1S/C12H13N3O/c1-2-9-7-12(15-8-14-9)16-11-6-4-3-5-10(11)13/h3-8H,2,13H2,1H3. The highest BCUT2D eigenvalue weighted by atomic mass is 16.5. The molecule has 1 heterocycles. The van der Waals surface area contributed by atoms with Gasteiger partial charge in [-0.25, -0.2) is 9.97 Å². The summed E-state index contributed by atoms with van der Waals surface area (Å²) >= 11 is 0. The summed E-state index contributed by atoms with van der Waals surface area (Å²) in [5, 5.41) is 0. The predicted octanol–water partition coefficient (Wildman–Crippen LogP) is 2.41. The number of nitrogens with zero attached hydrogens (tertiary/aromatic N) is 2. The van der Waals surface area contributed by atoms with Crippen LogP contribution in [0.25, 0.3) is 0 Å². The normalized spacial score (nSPS) is 10.1. The van der Waals surface area contributed by atoms with Crippen molar-refractivity contribution in [3.63, 3.8) is 0 Å². The van der Waals surface area contributed by atoms with Crippen LogP contribution in [-0.4, -0.2) is 9.97 Å². The summed E-state index contributed by atoms with van der Waals surface area (Å²) in [5.74, 6) is 1.13. The van der Waals surface area contributed by atoms with Gasteiger partial charge in [0.05, 0.1) is 5.69 Å². The van der Waals surface area contributed by atoms with Gasteiger partial charge in [-0.15, -0.1) is 0 Å². The van der Waals surface area contributed by atoms with Gasteiger partial charge in [0.1, 0.15) is 6.33 Å². The summed E-state index contributed by atoms with van der Waals surface area (Å²) in [7, 11) is 0. The van der Waals surface area contributed by atoms with Crippen LogP contribution >= 0.6 is 0 Å². The molecule has 2 aromatic rings. The number of para-hydroxylation sites is 2. The third-order valence-corrected chi connectivity index (χ3v) is 2.19. The summed E-state index contributed by atoms with van der Waals surface area (Å²) in [6, 6.07) is 9.14. The number of rotatable bonds is 3. The number of hydrogen-bond donors (Lipinski definition) is 1. The molecule has 1 aromatic heterocycles. The molecule has 2 rings (SSSR count).